The third kappa shape index (κ3) is 2.83. The smallest absolute Gasteiger partial charge is 0.293 e. The lowest BCUT2D eigenvalue weighted by Crippen LogP contribution is -2.51. The molecule has 1 aliphatic rings. The van der Waals surface area contributed by atoms with Crippen LogP contribution >= 0.6 is 11.6 Å². The number of nitro groups is 1. The van der Waals surface area contributed by atoms with E-state index in [0.717, 1.165) is 13.1 Å². The van der Waals surface area contributed by atoms with E-state index in [9.17, 15) is 14.9 Å². The Bertz CT molecular complexity index is 558. The Balaban J connectivity index is 2.40. The molecule has 8 heteroatoms. The molecule has 2 rings (SSSR count). The summed E-state index contributed by atoms with van der Waals surface area (Å²) in [7, 11) is 3.13. The molecule has 0 unspecified atom stereocenters. The summed E-state index contributed by atoms with van der Waals surface area (Å²) in [6.45, 7) is 1.49. The number of anilines is 1. The molecule has 0 radical (unpaired) electrons. The highest BCUT2D eigenvalue weighted by atomic mass is 35.5. The van der Waals surface area contributed by atoms with Gasteiger partial charge in [-0.05, 0) is 6.07 Å². The molecular weight excluding hydrogens is 284 g/mol. The van der Waals surface area contributed by atoms with Gasteiger partial charge >= 0.3 is 0 Å². The summed E-state index contributed by atoms with van der Waals surface area (Å²) in [4.78, 5) is 23.9. The molecule has 1 amide bonds. The molecule has 0 saturated carbocycles. The molecule has 1 saturated heterocycles. The van der Waals surface area contributed by atoms with E-state index in [1.54, 1.807) is 14.1 Å². The van der Waals surface area contributed by atoms with E-state index in [1.165, 1.54) is 17.0 Å². The zero-order valence-corrected chi connectivity index (χ0v) is 11.9. The van der Waals surface area contributed by atoms with Crippen molar-refractivity contribution in [3.63, 3.8) is 0 Å². The average molecular weight is 299 g/mol. The molecule has 1 aliphatic heterocycles. The van der Waals surface area contributed by atoms with Gasteiger partial charge in [-0.3, -0.25) is 14.9 Å². The van der Waals surface area contributed by atoms with Gasteiger partial charge in [-0.15, -0.1) is 0 Å². The van der Waals surface area contributed by atoms with Gasteiger partial charge in [-0.2, -0.15) is 0 Å². The summed E-state index contributed by atoms with van der Waals surface area (Å²) in [6, 6.07) is 2.80. The molecule has 0 aliphatic carbocycles. The van der Waals surface area contributed by atoms with Crippen LogP contribution in [0, 0.1) is 10.1 Å². The van der Waals surface area contributed by atoms with Crippen LogP contribution in [0.3, 0.4) is 0 Å². The predicted molar refractivity (Wildman–Crippen MR) is 76.4 cm³/mol. The summed E-state index contributed by atoms with van der Waals surface area (Å²) in [5, 5.41) is 17.5. The van der Waals surface area contributed by atoms with Gasteiger partial charge < -0.3 is 15.5 Å². The Morgan fingerprint density at radius 2 is 2.15 bits per heavy atom. The van der Waals surface area contributed by atoms with Crippen LogP contribution in [-0.2, 0) is 0 Å². The third-order valence-corrected chi connectivity index (χ3v) is 3.37. The lowest BCUT2D eigenvalue weighted by Gasteiger charge is -2.29. The highest BCUT2D eigenvalue weighted by Crippen LogP contribution is 2.32. The minimum absolute atomic E-state index is 0.126. The molecule has 1 heterocycles. The van der Waals surface area contributed by atoms with Crippen LogP contribution in [-0.4, -0.2) is 49.0 Å². The largest absolute Gasteiger partial charge is 0.374 e. The van der Waals surface area contributed by atoms with E-state index < -0.39 is 4.92 Å². The van der Waals surface area contributed by atoms with Crippen LogP contribution in [0.1, 0.15) is 10.4 Å². The fraction of sp³-hybridized carbons (Fsp3) is 0.417. The standard InChI is InChI=1S/C12H15ClN4O3/c1-16(2)12(18)8-3-11(17(19)20)10(4-9(8)13)15-7-5-14-6-7/h3-4,7,14-15H,5-6H2,1-2H3. The van der Waals surface area contributed by atoms with Crippen molar-refractivity contribution in [3.8, 4) is 0 Å². The molecule has 1 aromatic rings. The van der Waals surface area contributed by atoms with E-state index in [1.807, 2.05) is 0 Å². The zero-order valence-electron chi connectivity index (χ0n) is 11.1. The molecule has 0 atom stereocenters. The molecule has 0 spiro atoms. The first-order valence-electron chi connectivity index (χ1n) is 6.07. The van der Waals surface area contributed by atoms with Crippen molar-refractivity contribution in [1.29, 1.82) is 0 Å². The number of rotatable bonds is 4. The maximum absolute atomic E-state index is 11.9. The monoisotopic (exact) mass is 298 g/mol. The van der Waals surface area contributed by atoms with Gasteiger partial charge in [0.2, 0.25) is 0 Å². The van der Waals surface area contributed by atoms with E-state index in [0.29, 0.717) is 5.69 Å². The molecule has 2 N–H and O–H groups in total. The summed E-state index contributed by atoms with van der Waals surface area (Å²) >= 11 is 6.06. The second-order valence-corrected chi connectivity index (χ2v) is 5.21. The Kier molecular flexibility index (Phi) is 4.10. The van der Waals surface area contributed by atoms with Crippen molar-refractivity contribution < 1.29 is 9.72 Å². The van der Waals surface area contributed by atoms with Crippen LogP contribution in [0.2, 0.25) is 5.02 Å². The lowest BCUT2D eigenvalue weighted by atomic mass is 10.1. The number of amides is 1. The highest BCUT2D eigenvalue weighted by Gasteiger charge is 2.25. The molecule has 1 fully saturated rings. The summed E-state index contributed by atoms with van der Waals surface area (Å²) < 4.78 is 0. The second-order valence-electron chi connectivity index (χ2n) is 4.81. The average Bonchev–Trinajstić information content (AvgIpc) is 2.32. The summed E-state index contributed by atoms with van der Waals surface area (Å²) in [5.41, 5.74) is 0.314. The number of nitro benzene ring substituents is 1. The van der Waals surface area contributed by atoms with Gasteiger partial charge in [-0.1, -0.05) is 11.6 Å². The van der Waals surface area contributed by atoms with Crippen molar-refractivity contribution >= 4 is 28.9 Å². The normalized spacial score (nSPS) is 14.6. The Morgan fingerprint density at radius 3 is 2.60 bits per heavy atom. The topological polar surface area (TPSA) is 87.5 Å². The zero-order chi connectivity index (χ0) is 14.9. The number of nitrogens with zero attached hydrogens (tertiary/aromatic N) is 2. The van der Waals surface area contributed by atoms with Crippen LogP contribution in [0.15, 0.2) is 12.1 Å². The lowest BCUT2D eigenvalue weighted by molar-refractivity contribution is -0.384. The minimum Gasteiger partial charge on any atom is -0.374 e. The summed E-state index contributed by atoms with van der Waals surface area (Å²) in [5.74, 6) is -0.366. The molecule has 20 heavy (non-hydrogen) atoms. The van der Waals surface area contributed by atoms with Crippen LogP contribution in [0.25, 0.3) is 0 Å². The number of carbonyl (C=O) groups excluding carboxylic acids is 1. The number of halogens is 1. The first-order chi connectivity index (χ1) is 9.40. The Morgan fingerprint density at radius 1 is 1.50 bits per heavy atom. The van der Waals surface area contributed by atoms with E-state index >= 15 is 0 Å². The van der Waals surface area contributed by atoms with Crippen molar-refractivity contribution in [2.75, 3.05) is 32.5 Å². The fourth-order valence-electron chi connectivity index (χ4n) is 1.84. The fourth-order valence-corrected chi connectivity index (χ4v) is 2.09. The predicted octanol–water partition coefficient (Wildman–Crippen LogP) is 1.33. The third-order valence-electron chi connectivity index (χ3n) is 3.06. The number of hydrogen-bond donors (Lipinski definition) is 2. The van der Waals surface area contributed by atoms with Crippen LogP contribution < -0.4 is 10.6 Å². The minimum atomic E-state index is -0.517. The SMILES string of the molecule is CN(C)C(=O)c1cc([N+](=O)[O-])c(NC2CNC2)cc1Cl. The van der Waals surface area contributed by atoms with Gasteiger partial charge in [0.05, 0.1) is 21.6 Å². The first-order valence-corrected chi connectivity index (χ1v) is 6.44. The molecule has 0 aromatic heterocycles. The van der Waals surface area contributed by atoms with Crippen LogP contribution in [0.5, 0.6) is 0 Å². The number of benzene rings is 1. The quantitative estimate of drug-likeness (QED) is 0.647. The van der Waals surface area contributed by atoms with E-state index in [-0.39, 0.29) is 28.2 Å². The maximum atomic E-state index is 11.9. The van der Waals surface area contributed by atoms with E-state index in [2.05, 4.69) is 10.6 Å². The molecular formula is C12H15ClN4O3. The Hall–Kier alpha value is -1.86. The number of nitrogens with one attached hydrogen (secondary N) is 2. The van der Waals surface area contributed by atoms with Gasteiger partial charge in [0.15, 0.2) is 0 Å². The van der Waals surface area contributed by atoms with Gasteiger partial charge in [0.25, 0.3) is 11.6 Å². The van der Waals surface area contributed by atoms with Gasteiger partial charge in [-0.25, -0.2) is 0 Å². The van der Waals surface area contributed by atoms with Crippen molar-refractivity contribution in [2.24, 2.45) is 0 Å². The summed E-state index contributed by atoms with van der Waals surface area (Å²) in [6.07, 6.45) is 0. The van der Waals surface area contributed by atoms with Crippen molar-refractivity contribution in [3.05, 3.63) is 32.8 Å². The molecule has 0 bridgehead atoms. The van der Waals surface area contributed by atoms with Gasteiger partial charge in [0, 0.05) is 33.3 Å². The molecule has 1 aromatic carbocycles. The van der Waals surface area contributed by atoms with Crippen molar-refractivity contribution in [1.82, 2.24) is 10.2 Å². The highest BCUT2D eigenvalue weighted by molar-refractivity contribution is 6.34. The number of carbonyl (C=O) groups is 1. The van der Waals surface area contributed by atoms with Gasteiger partial charge in [0.1, 0.15) is 5.69 Å². The maximum Gasteiger partial charge on any atom is 0.293 e. The second kappa shape index (κ2) is 5.64. The molecule has 7 nitrogen and oxygen atoms in total. The van der Waals surface area contributed by atoms with Crippen molar-refractivity contribution in [2.45, 2.75) is 6.04 Å². The first kappa shape index (κ1) is 14.5. The number of hydrogen-bond acceptors (Lipinski definition) is 5. The Labute approximate surface area is 121 Å². The molecule has 108 valence electrons. The van der Waals surface area contributed by atoms with E-state index in [4.69, 9.17) is 11.6 Å². The van der Waals surface area contributed by atoms with Crippen LogP contribution in [0.4, 0.5) is 11.4 Å².